The van der Waals surface area contributed by atoms with Gasteiger partial charge in [-0.05, 0) is 72.5 Å². The normalized spacial score (nSPS) is 18.7. The second-order valence-corrected chi connectivity index (χ2v) is 11.2. The Labute approximate surface area is 226 Å². The lowest BCUT2D eigenvalue weighted by Gasteiger charge is -2.41. The van der Waals surface area contributed by atoms with Gasteiger partial charge in [-0.3, -0.25) is 9.00 Å². The molecule has 0 bridgehead atoms. The number of carbonyl (C=O) groups excluding carboxylic acids is 1. The zero-order chi connectivity index (χ0) is 28.2. The summed E-state index contributed by atoms with van der Waals surface area (Å²) in [5.41, 5.74) is 1.66. The topological polar surface area (TPSA) is 49.4 Å². The number of nitrogens with zero attached hydrogens (tertiary/aromatic N) is 1. The third-order valence-electron chi connectivity index (χ3n) is 6.99. The lowest BCUT2D eigenvalue weighted by atomic mass is 9.86. The highest BCUT2D eigenvalue weighted by Crippen LogP contribution is 2.37. The van der Waals surface area contributed by atoms with Crippen LogP contribution in [0.2, 0.25) is 0 Å². The molecule has 1 amide bonds. The summed E-state index contributed by atoms with van der Waals surface area (Å²) in [6, 6.07) is 17.4. The van der Waals surface area contributed by atoms with E-state index >= 15 is 0 Å². The van der Waals surface area contributed by atoms with Crippen LogP contribution < -0.4 is 10.2 Å². The highest BCUT2D eigenvalue weighted by atomic mass is 32.2. The fourth-order valence-electron chi connectivity index (χ4n) is 4.78. The van der Waals surface area contributed by atoms with Gasteiger partial charge >= 0.3 is 6.18 Å². The molecule has 2 unspecified atom stereocenters. The van der Waals surface area contributed by atoms with Crippen LogP contribution in [0, 0.1) is 0 Å². The molecule has 0 aliphatic carbocycles. The molecule has 208 valence electrons. The van der Waals surface area contributed by atoms with Gasteiger partial charge in [-0.1, -0.05) is 31.2 Å². The summed E-state index contributed by atoms with van der Waals surface area (Å²) in [6.07, 6.45) is -6.40. The van der Waals surface area contributed by atoms with E-state index in [2.05, 4.69) is 5.32 Å². The SMILES string of the molecule is CCS(=O)c1ccc(CNC(=O)c2ccc(N3CC(c4ccc(C(F)(F)F)cc4)CC[C@H]3C(F)F)cc2)cc1. The van der Waals surface area contributed by atoms with Gasteiger partial charge in [0.15, 0.2) is 0 Å². The summed E-state index contributed by atoms with van der Waals surface area (Å²) in [4.78, 5) is 15.0. The number of halogens is 5. The maximum atomic E-state index is 13.9. The van der Waals surface area contributed by atoms with E-state index in [1.54, 1.807) is 53.4 Å². The number of hydrogen-bond acceptors (Lipinski definition) is 3. The van der Waals surface area contributed by atoms with Gasteiger partial charge in [-0.25, -0.2) is 8.78 Å². The van der Waals surface area contributed by atoms with Gasteiger partial charge in [0, 0.05) is 40.9 Å². The molecule has 39 heavy (non-hydrogen) atoms. The van der Waals surface area contributed by atoms with Crippen LogP contribution in [0.4, 0.5) is 27.6 Å². The van der Waals surface area contributed by atoms with Crippen LogP contribution in [0.5, 0.6) is 0 Å². The Bertz CT molecular complexity index is 1280. The Morgan fingerprint density at radius 2 is 1.62 bits per heavy atom. The number of carbonyl (C=O) groups is 1. The quantitative estimate of drug-likeness (QED) is 0.307. The Balaban J connectivity index is 1.42. The van der Waals surface area contributed by atoms with Crippen molar-refractivity contribution in [3.8, 4) is 0 Å². The van der Waals surface area contributed by atoms with E-state index in [1.807, 2.05) is 6.92 Å². The summed E-state index contributed by atoms with van der Waals surface area (Å²) in [7, 11) is -1.05. The summed E-state index contributed by atoms with van der Waals surface area (Å²) in [5, 5.41) is 2.82. The van der Waals surface area contributed by atoms with E-state index in [4.69, 9.17) is 0 Å². The average Bonchev–Trinajstić information content (AvgIpc) is 2.95. The van der Waals surface area contributed by atoms with Crippen molar-refractivity contribution >= 4 is 22.4 Å². The molecule has 4 rings (SSSR count). The van der Waals surface area contributed by atoms with Crippen molar-refractivity contribution in [1.29, 1.82) is 0 Å². The lowest BCUT2D eigenvalue weighted by molar-refractivity contribution is -0.137. The van der Waals surface area contributed by atoms with Crippen molar-refractivity contribution in [2.75, 3.05) is 17.2 Å². The molecule has 1 N–H and O–H groups in total. The Morgan fingerprint density at radius 1 is 0.974 bits per heavy atom. The molecule has 3 atom stereocenters. The Morgan fingerprint density at radius 3 is 2.18 bits per heavy atom. The number of alkyl halides is 5. The van der Waals surface area contributed by atoms with Crippen LogP contribution in [0.15, 0.2) is 77.7 Å². The van der Waals surface area contributed by atoms with E-state index in [0.29, 0.717) is 29.0 Å². The molecule has 3 aromatic carbocycles. The molecule has 0 spiro atoms. The van der Waals surface area contributed by atoms with Crippen LogP contribution >= 0.6 is 0 Å². The van der Waals surface area contributed by atoms with Gasteiger partial charge in [-0.15, -0.1) is 0 Å². The second-order valence-electron chi connectivity index (χ2n) is 9.46. The molecule has 1 aliphatic rings. The summed E-state index contributed by atoms with van der Waals surface area (Å²) >= 11 is 0. The minimum atomic E-state index is -4.44. The number of amides is 1. The largest absolute Gasteiger partial charge is 0.416 e. The molecule has 10 heteroatoms. The van der Waals surface area contributed by atoms with Crippen LogP contribution in [-0.2, 0) is 23.5 Å². The fourth-order valence-corrected chi connectivity index (χ4v) is 5.55. The van der Waals surface area contributed by atoms with Crippen LogP contribution in [0.3, 0.4) is 0 Å². The number of rotatable bonds is 8. The van der Waals surface area contributed by atoms with Gasteiger partial charge in [0.1, 0.15) is 0 Å². The zero-order valence-corrected chi connectivity index (χ0v) is 22.1. The van der Waals surface area contributed by atoms with Crippen molar-refractivity contribution in [2.45, 2.75) is 55.8 Å². The molecular formula is C29H29F5N2O2S. The first-order valence-electron chi connectivity index (χ1n) is 12.6. The third kappa shape index (κ3) is 7.03. The molecule has 3 aromatic rings. The Kier molecular flexibility index (Phi) is 9.04. The second kappa shape index (κ2) is 12.3. The number of hydrogen-bond donors (Lipinski definition) is 1. The van der Waals surface area contributed by atoms with Gasteiger partial charge in [0.2, 0.25) is 0 Å². The highest BCUT2D eigenvalue weighted by molar-refractivity contribution is 7.85. The average molecular weight is 565 g/mol. The number of piperidine rings is 1. The predicted octanol–water partition coefficient (Wildman–Crippen LogP) is 6.78. The lowest BCUT2D eigenvalue weighted by Crippen LogP contribution is -2.46. The first kappa shape index (κ1) is 28.7. The van der Waals surface area contributed by atoms with E-state index in [0.717, 1.165) is 22.6 Å². The zero-order valence-electron chi connectivity index (χ0n) is 21.3. The minimum absolute atomic E-state index is 0.191. The smallest absolute Gasteiger partial charge is 0.362 e. The Hall–Kier alpha value is -3.27. The predicted molar refractivity (Wildman–Crippen MR) is 142 cm³/mol. The van der Waals surface area contributed by atoms with Gasteiger partial charge in [-0.2, -0.15) is 13.2 Å². The van der Waals surface area contributed by atoms with E-state index in [9.17, 15) is 31.0 Å². The molecular weight excluding hydrogens is 535 g/mol. The van der Waals surface area contributed by atoms with Crippen molar-refractivity contribution in [3.63, 3.8) is 0 Å². The maximum Gasteiger partial charge on any atom is 0.416 e. The van der Waals surface area contributed by atoms with Gasteiger partial charge in [0.25, 0.3) is 12.3 Å². The minimum Gasteiger partial charge on any atom is -0.362 e. The highest BCUT2D eigenvalue weighted by Gasteiger charge is 2.35. The van der Waals surface area contributed by atoms with E-state index in [1.165, 1.54) is 12.1 Å². The fraction of sp³-hybridized carbons (Fsp3) is 0.345. The first-order valence-corrected chi connectivity index (χ1v) is 14.0. The monoisotopic (exact) mass is 564 g/mol. The number of benzene rings is 3. The van der Waals surface area contributed by atoms with E-state index < -0.39 is 35.0 Å². The molecule has 0 radical (unpaired) electrons. The number of nitrogens with one attached hydrogen (secondary N) is 1. The van der Waals surface area contributed by atoms with Crippen molar-refractivity contribution in [1.82, 2.24) is 5.32 Å². The van der Waals surface area contributed by atoms with Crippen LogP contribution in [0.25, 0.3) is 0 Å². The van der Waals surface area contributed by atoms with Crippen molar-refractivity contribution < 1.29 is 31.0 Å². The molecule has 0 saturated carbocycles. The van der Waals surface area contributed by atoms with Crippen LogP contribution in [0.1, 0.15) is 52.7 Å². The molecule has 0 aromatic heterocycles. The third-order valence-corrected chi connectivity index (χ3v) is 8.31. The van der Waals surface area contributed by atoms with E-state index in [-0.39, 0.29) is 31.3 Å². The van der Waals surface area contributed by atoms with Crippen molar-refractivity contribution in [2.24, 2.45) is 0 Å². The van der Waals surface area contributed by atoms with Gasteiger partial charge in [0.05, 0.1) is 22.4 Å². The van der Waals surface area contributed by atoms with Gasteiger partial charge < -0.3 is 10.2 Å². The first-order chi connectivity index (χ1) is 18.6. The molecule has 1 aliphatic heterocycles. The molecule has 1 heterocycles. The summed E-state index contributed by atoms with van der Waals surface area (Å²) in [6.45, 7) is 2.34. The van der Waals surface area contributed by atoms with Crippen LogP contribution in [-0.4, -0.2) is 34.9 Å². The number of anilines is 1. The summed E-state index contributed by atoms with van der Waals surface area (Å²) in [5.74, 6) is -0.00192. The molecule has 1 saturated heterocycles. The summed E-state index contributed by atoms with van der Waals surface area (Å²) < 4.78 is 78.4. The maximum absolute atomic E-state index is 13.9. The van der Waals surface area contributed by atoms with Crippen molar-refractivity contribution in [3.05, 3.63) is 95.1 Å². The molecule has 1 fully saturated rings. The standard InChI is InChI=1S/C29H29F5N2O2S/c1-2-39(38)25-14-3-19(4-15-25)17-35-28(37)21-7-12-24(13-8-21)36-18-22(9-16-26(36)27(30)31)20-5-10-23(11-6-20)29(32,33)34/h3-8,10-15,22,26-27H,2,9,16-18H2,1H3,(H,35,37)/t22?,26-,39?/m0/s1. The molecule has 4 nitrogen and oxygen atoms in total.